The van der Waals surface area contributed by atoms with E-state index in [2.05, 4.69) is 15.2 Å². The van der Waals surface area contributed by atoms with E-state index in [-0.39, 0.29) is 30.6 Å². The molecule has 2 aliphatic rings. The molecule has 0 bridgehead atoms. The van der Waals surface area contributed by atoms with E-state index in [4.69, 9.17) is 16.1 Å². The van der Waals surface area contributed by atoms with Gasteiger partial charge in [-0.25, -0.2) is 8.42 Å². The number of rotatable bonds is 3. The highest BCUT2D eigenvalue weighted by molar-refractivity contribution is 7.93. The molecule has 9 nitrogen and oxygen atoms in total. The number of nitrogens with zero attached hydrogens (tertiary/aromatic N) is 5. The lowest BCUT2D eigenvalue weighted by molar-refractivity contribution is 0.0504. The number of amides is 1. The second kappa shape index (κ2) is 6.64. The molecule has 156 valence electrons. The van der Waals surface area contributed by atoms with Gasteiger partial charge in [-0.3, -0.25) is 9.48 Å². The first-order chi connectivity index (χ1) is 14.3. The van der Waals surface area contributed by atoms with E-state index in [1.165, 1.54) is 15.8 Å². The molecule has 0 saturated carbocycles. The van der Waals surface area contributed by atoms with Gasteiger partial charge in [0.05, 0.1) is 23.4 Å². The minimum atomic E-state index is -3.41. The van der Waals surface area contributed by atoms with Crippen LogP contribution in [0.5, 0.6) is 0 Å². The van der Waals surface area contributed by atoms with Gasteiger partial charge in [0.2, 0.25) is 11.7 Å². The fraction of sp³-hybridized carbons (Fsp3) is 0.368. The molecule has 2 fully saturated rings. The van der Waals surface area contributed by atoms with Crippen LogP contribution < -0.4 is 0 Å². The molecule has 0 N–H and O–H groups in total. The van der Waals surface area contributed by atoms with Crippen LogP contribution in [0, 0.1) is 0 Å². The Morgan fingerprint density at radius 3 is 2.67 bits per heavy atom. The Labute approximate surface area is 177 Å². The summed E-state index contributed by atoms with van der Waals surface area (Å²) in [6, 6.07) is 7.00. The summed E-state index contributed by atoms with van der Waals surface area (Å²) in [5.41, 5.74) is 1.16. The van der Waals surface area contributed by atoms with Gasteiger partial charge in [-0.15, -0.1) is 0 Å². The summed E-state index contributed by atoms with van der Waals surface area (Å²) >= 11 is 5.92. The highest BCUT2D eigenvalue weighted by Crippen LogP contribution is 2.49. The summed E-state index contributed by atoms with van der Waals surface area (Å²) in [5, 5.41) is 8.62. The molecule has 1 spiro atoms. The lowest BCUT2D eigenvalue weighted by Crippen LogP contribution is -2.67. The number of likely N-dealkylation sites (tertiary alicyclic amines) is 1. The van der Waals surface area contributed by atoms with Crippen LogP contribution in [0.2, 0.25) is 5.02 Å². The SMILES string of the molecule is Cn1cc(C(=O)N2CC3(C2)C(c2nc(-c4ccc(Cl)cc4)no2)CCS3(=O)=O)cn1. The number of hydrogen-bond acceptors (Lipinski definition) is 7. The third kappa shape index (κ3) is 2.85. The molecule has 1 atom stereocenters. The second-order valence-corrected chi connectivity index (χ2v) is 10.6. The van der Waals surface area contributed by atoms with Gasteiger partial charge in [0.25, 0.3) is 5.91 Å². The standard InChI is InChI=1S/C19H18ClN5O4S/c1-24-9-13(8-21-24)18(26)25-10-19(11-25)15(6-7-30(19,27)28)17-22-16(23-29-17)12-2-4-14(20)5-3-12/h2-5,8-9,15H,6-7,10-11H2,1H3. The van der Waals surface area contributed by atoms with E-state index in [1.807, 2.05) is 0 Å². The van der Waals surface area contributed by atoms with Crippen LogP contribution in [0.3, 0.4) is 0 Å². The van der Waals surface area contributed by atoms with Crippen LogP contribution in [-0.2, 0) is 16.9 Å². The summed E-state index contributed by atoms with van der Waals surface area (Å²) in [6.07, 6.45) is 3.48. The first-order valence-electron chi connectivity index (χ1n) is 9.39. The van der Waals surface area contributed by atoms with E-state index in [0.29, 0.717) is 22.8 Å². The van der Waals surface area contributed by atoms with Gasteiger partial charge in [-0.05, 0) is 30.7 Å². The van der Waals surface area contributed by atoms with Gasteiger partial charge in [0.15, 0.2) is 9.84 Å². The number of aryl methyl sites for hydroxylation is 1. The average Bonchev–Trinajstić information content (AvgIpc) is 3.38. The van der Waals surface area contributed by atoms with Gasteiger partial charge in [-0.2, -0.15) is 10.1 Å². The lowest BCUT2D eigenvalue weighted by atomic mass is 9.82. The Morgan fingerprint density at radius 1 is 1.27 bits per heavy atom. The highest BCUT2D eigenvalue weighted by Gasteiger charge is 2.64. The molecule has 2 aliphatic heterocycles. The number of benzene rings is 1. The molecule has 0 aliphatic carbocycles. The molecule has 4 heterocycles. The second-order valence-electron chi connectivity index (χ2n) is 7.75. The van der Waals surface area contributed by atoms with E-state index in [0.717, 1.165) is 5.56 Å². The largest absolute Gasteiger partial charge is 0.339 e. The quantitative estimate of drug-likeness (QED) is 0.603. The topological polar surface area (TPSA) is 111 Å². The lowest BCUT2D eigenvalue weighted by Gasteiger charge is -2.48. The monoisotopic (exact) mass is 447 g/mol. The summed E-state index contributed by atoms with van der Waals surface area (Å²) in [7, 11) is -1.69. The Morgan fingerprint density at radius 2 is 2.00 bits per heavy atom. The Hall–Kier alpha value is -2.72. The van der Waals surface area contributed by atoms with Crippen LogP contribution in [0.1, 0.15) is 28.6 Å². The normalized spacial score (nSPS) is 21.7. The third-order valence-electron chi connectivity index (χ3n) is 5.93. The summed E-state index contributed by atoms with van der Waals surface area (Å²) in [4.78, 5) is 18.7. The van der Waals surface area contributed by atoms with Crippen molar-refractivity contribution in [1.82, 2.24) is 24.8 Å². The number of carbonyl (C=O) groups excluding carboxylic acids is 1. The minimum Gasteiger partial charge on any atom is -0.339 e. The Bertz CT molecular complexity index is 1230. The van der Waals surface area contributed by atoms with Crippen LogP contribution in [0.25, 0.3) is 11.4 Å². The molecule has 1 amide bonds. The van der Waals surface area contributed by atoms with Gasteiger partial charge in [-0.1, -0.05) is 16.8 Å². The number of carbonyl (C=O) groups is 1. The maximum Gasteiger partial charge on any atom is 0.257 e. The summed E-state index contributed by atoms with van der Waals surface area (Å²) in [6.45, 7) is 0.207. The van der Waals surface area contributed by atoms with Crippen molar-refractivity contribution in [2.45, 2.75) is 17.1 Å². The number of hydrogen-bond donors (Lipinski definition) is 0. The van der Waals surface area contributed by atoms with E-state index in [1.54, 1.807) is 37.5 Å². The van der Waals surface area contributed by atoms with Crippen LogP contribution in [-0.4, -0.2) is 62.7 Å². The molecule has 5 rings (SSSR count). The zero-order valence-corrected chi connectivity index (χ0v) is 17.6. The summed E-state index contributed by atoms with van der Waals surface area (Å²) < 4.78 is 31.7. The predicted octanol–water partition coefficient (Wildman–Crippen LogP) is 1.92. The van der Waals surface area contributed by atoms with Crippen molar-refractivity contribution in [3.05, 3.63) is 53.1 Å². The Kier molecular flexibility index (Phi) is 4.26. The minimum absolute atomic E-state index is 0.0330. The number of halogens is 1. The molecule has 11 heteroatoms. The fourth-order valence-electron chi connectivity index (χ4n) is 4.27. The van der Waals surface area contributed by atoms with Gasteiger partial charge in [0, 0.05) is 36.9 Å². The van der Waals surface area contributed by atoms with Crippen molar-refractivity contribution >= 4 is 27.3 Å². The van der Waals surface area contributed by atoms with Crippen molar-refractivity contribution < 1.29 is 17.7 Å². The molecule has 0 radical (unpaired) electrons. The van der Waals surface area contributed by atoms with E-state index >= 15 is 0 Å². The van der Waals surface area contributed by atoms with Crippen molar-refractivity contribution in [2.24, 2.45) is 7.05 Å². The van der Waals surface area contributed by atoms with Crippen LogP contribution in [0.15, 0.2) is 41.2 Å². The molecule has 3 aromatic rings. The molecule has 1 aromatic carbocycles. The molecule has 1 unspecified atom stereocenters. The highest BCUT2D eigenvalue weighted by atomic mass is 35.5. The Balaban J connectivity index is 1.41. The van der Waals surface area contributed by atoms with Gasteiger partial charge >= 0.3 is 0 Å². The molecule has 30 heavy (non-hydrogen) atoms. The summed E-state index contributed by atoms with van der Waals surface area (Å²) in [5.74, 6) is 0.0137. The number of sulfone groups is 1. The molecular formula is C19H18ClN5O4S. The first-order valence-corrected chi connectivity index (χ1v) is 11.4. The molecule has 2 saturated heterocycles. The first kappa shape index (κ1) is 19.3. The zero-order valence-electron chi connectivity index (χ0n) is 16.0. The van der Waals surface area contributed by atoms with E-state index in [9.17, 15) is 13.2 Å². The van der Waals surface area contributed by atoms with Crippen LogP contribution in [0.4, 0.5) is 0 Å². The van der Waals surface area contributed by atoms with Crippen molar-refractivity contribution in [3.8, 4) is 11.4 Å². The molecule has 2 aromatic heterocycles. The maximum absolute atomic E-state index is 12.9. The van der Waals surface area contributed by atoms with Gasteiger partial charge in [0.1, 0.15) is 4.75 Å². The fourth-order valence-corrected chi connectivity index (χ4v) is 6.71. The molecular weight excluding hydrogens is 430 g/mol. The third-order valence-corrected chi connectivity index (χ3v) is 8.73. The number of aromatic nitrogens is 4. The van der Waals surface area contributed by atoms with Gasteiger partial charge < -0.3 is 9.42 Å². The zero-order chi connectivity index (χ0) is 21.1. The smallest absolute Gasteiger partial charge is 0.257 e. The van der Waals surface area contributed by atoms with Crippen molar-refractivity contribution in [2.75, 3.05) is 18.8 Å². The van der Waals surface area contributed by atoms with Crippen LogP contribution >= 0.6 is 11.6 Å². The predicted molar refractivity (Wildman–Crippen MR) is 108 cm³/mol. The van der Waals surface area contributed by atoms with Crippen molar-refractivity contribution in [3.63, 3.8) is 0 Å². The maximum atomic E-state index is 12.9. The average molecular weight is 448 g/mol. The van der Waals surface area contributed by atoms with Crippen molar-refractivity contribution in [1.29, 1.82) is 0 Å². The van der Waals surface area contributed by atoms with E-state index < -0.39 is 20.5 Å².